The average Bonchev–Trinajstić information content (AvgIpc) is 3.22. The number of aromatic nitrogens is 3. The summed E-state index contributed by atoms with van der Waals surface area (Å²) in [5.41, 5.74) is 2.36. The van der Waals surface area contributed by atoms with Crippen molar-refractivity contribution >= 4 is 22.2 Å². The quantitative estimate of drug-likeness (QED) is 0.667. The number of halogens is 1. The summed E-state index contributed by atoms with van der Waals surface area (Å²) in [5, 5.41) is 15.7. The fraction of sp³-hybridized carbons (Fsp3) is 0.545. The molecule has 0 aliphatic carbocycles. The SMILES string of the molecule is C[C@@H]1Cc2c([nH]c3ccccc23)[C@@H](c2nnc(CC3CNC3)s2)N1CC(C)(C)F. The van der Waals surface area contributed by atoms with E-state index < -0.39 is 5.67 Å². The minimum Gasteiger partial charge on any atom is -0.356 e. The molecule has 3 aromatic rings. The van der Waals surface area contributed by atoms with Crippen molar-refractivity contribution in [2.75, 3.05) is 19.6 Å². The first-order chi connectivity index (χ1) is 13.9. The van der Waals surface area contributed by atoms with E-state index in [0.29, 0.717) is 12.5 Å². The van der Waals surface area contributed by atoms with Crippen LogP contribution in [0.25, 0.3) is 10.9 Å². The Hall–Kier alpha value is -1.83. The van der Waals surface area contributed by atoms with Crippen LogP contribution in [0.1, 0.15) is 48.1 Å². The molecule has 154 valence electrons. The van der Waals surface area contributed by atoms with Crippen LogP contribution in [0.2, 0.25) is 0 Å². The number of nitrogens with one attached hydrogen (secondary N) is 2. The third-order valence-electron chi connectivity index (χ3n) is 6.12. The molecular weight excluding hydrogens is 385 g/mol. The molecule has 1 saturated heterocycles. The molecule has 0 bridgehead atoms. The zero-order chi connectivity index (χ0) is 20.2. The molecule has 7 heteroatoms. The first kappa shape index (κ1) is 19.2. The van der Waals surface area contributed by atoms with E-state index in [1.165, 1.54) is 10.9 Å². The number of nitrogens with zero attached hydrogens (tertiary/aromatic N) is 3. The van der Waals surface area contributed by atoms with Gasteiger partial charge in [0, 0.05) is 35.6 Å². The van der Waals surface area contributed by atoms with Crippen molar-refractivity contribution < 1.29 is 4.39 Å². The topological polar surface area (TPSA) is 56.8 Å². The molecule has 0 unspecified atom stereocenters. The lowest BCUT2D eigenvalue weighted by molar-refractivity contribution is 0.0665. The Labute approximate surface area is 174 Å². The van der Waals surface area contributed by atoms with Gasteiger partial charge in [0.25, 0.3) is 0 Å². The Morgan fingerprint density at radius 1 is 1.24 bits per heavy atom. The van der Waals surface area contributed by atoms with E-state index in [1.54, 1.807) is 25.2 Å². The summed E-state index contributed by atoms with van der Waals surface area (Å²) < 4.78 is 14.8. The molecule has 5 rings (SSSR count). The van der Waals surface area contributed by atoms with E-state index in [-0.39, 0.29) is 12.1 Å². The lowest BCUT2D eigenvalue weighted by Crippen LogP contribution is -2.47. The molecule has 0 amide bonds. The summed E-state index contributed by atoms with van der Waals surface area (Å²) in [6.07, 6.45) is 1.88. The van der Waals surface area contributed by atoms with E-state index in [0.717, 1.165) is 47.2 Å². The number of hydrogen-bond acceptors (Lipinski definition) is 5. The normalized spacial score (nSPS) is 23.3. The van der Waals surface area contributed by atoms with Gasteiger partial charge in [-0.25, -0.2) is 4.39 Å². The van der Waals surface area contributed by atoms with Crippen molar-refractivity contribution in [1.29, 1.82) is 0 Å². The van der Waals surface area contributed by atoms with Crippen LogP contribution in [0.15, 0.2) is 24.3 Å². The number of aromatic amines is 1. The van der Waals surface area contributed by atoms with Crippen LogP contribution in [0.5, 0.6) is 0 Å². The predicted molar refractivity (Wildman–Crippen MR) is 115 cm³/mol. The molecule has 0 spiro atoms. The third kappa shape index (κ3) is 3.60. The molecular formula is C22H28FN5S. The fourth-order valence-electron chi connectivity index (χ4n) is 4.65. The molecule has 29 heavy (non-hydrogen) atoms. The smallest absolute Gasteiger partial charge is 0.140 e. The van der Waals surface area contributed by atoms with Crippen LogP contribution < -0.4 is 5.32 Å². The van der Waals surface area contributed by atoms with E-state index in [4.69, 9.17) is 0 Å². The lowest BCUT2D eigenvalue weighted by Gasteiger charge is -2.41. The lowest BCUT2D eigenvalue weighted by atomic mass is 9.91. The van der Waals surface area contributed by atoms with Gasteiger partial charge < -0.3 is 10.3 Å². The van der Waals surface area contributed by atoms with E-state index in [9.17, 15) is 4.39 Å². The Morgan fingerprint density at radius 2 is 2.03 bits per heavy atom. The van der Waals surface area contributed by atoms with Crippen molar-refractivity contribution in [3.05, 3.63) is 45.5 Å². The van der Waals surface area contributed by atoms with Crippen molar-refractivity contribution in [1.82, 2.24) is 25.4 Å². The van der Waals surface area contributed by atoms with E-state index in [2.05, 4.69) is 56.6 Å². The Bertz CT molecular complexity index is 1020. The monoisotopic (exact) mass is 413 g/mol. The molecule has 5 nitrogen and oxygen atoms in total. The molecule has 2 aliphatic rings. The first-order valence-corrected chi connectivity index (χ1v) is 11.3. The van der Waals surface area contributed by atoms with E-state index >= 15 is 0 Å². The highest BCUT2D eigenvalue weighted by atomic mass is 32.1. The maximum absolute atomic E-state index is 14.8. The van der Waals surface area contributed by atoms with Crippen molar-refractivity contribution in [2.24, 2.45) is 5.92 Å². The van der Waals surface area contributed by atoms with Crippen LogP contribution in [0, 0.1) is 5.92 Å². The second-order valence-electron chi connectivity index (χ2n) is 9.17. The van der Waals surface area contributed by atoms with Gasteiger partial charge in [0.1, 0.15) is 21.7 Å². The van der Waals surface area contributed by atoms with Crippen molar-refractivity contribution in [3.8, 4) is 0 Å². The van der Waals surface area contributed by atoms with Gasteiger partial charge in [-0.3, -0.25) is 4.90 Å². The maximum Gasteiger partial charge on any atom is 0.140 e. The molecule has 2 aromatic heterocycles. The predicted octanol–water partition coefficient (Wildman–Crippen LogP) is 3.87. The molecule has 0 radical (unpaired) electrons. The summed E-state index contributed by atoms with van der Waals surface area (Å²) in [6, 6.07) is 8.59. The van der Waals surface area contributed by atoms with Gasteiger partial charge >= 0.3 is 0 Å². The van der Waals surface area contributed by atoms with Gasteiger partial charge in [-0.15, -0.1) is 10.2 Å². The van der Waals surface area contributed by atoms with Gasteiger partial charge in [-0.1, -0.05) is 29.5 Å². The maximum atomic E-state index is 14.8. The highest BCUT2D eigenvalue weighted by Gasteiger charge is 2.40. The van der Waals surface area contributed by atoms with Crippen LogP contribution in [0.3, 0.4) is 0 Å². The molecule has 2 N–H and O–H groups in total. The Morgan fingerprint density at radius 3 is 2.76 bits per heavy atom. The zero-order valence-corrected chi connectivity index (χ0v) is 18.0. The summed E-state index contributed by atoms with van der Waals surface area (Å²) in [4.78, 5) is 5.91. The third-order valence-corrected chi connectivity index (χ3v) is 7.12. The summed E-state index contributed by atoms with van der Waals surface area (Å²) in [7, 11) is 0. The fourth-order valence-corrected chi connectivity index (χ4v) is 5.74. The number of benzene rings is 1. The number of fused-ring (bicyclic) bond motifs is 3. The summed E-state index contributed by atoms with van der Waals surface area (Å²) in [5.74, 6) is 0.658. The molecule has 1 aromatic carbocycles. The second kappa shape index (κ2) is 7.15. The minimum atomic E-state index is -1.28. The van der Waals surface area contributed by atoms with Crippen LogP contribution in [0.4, 0.5) is 4.39 Å². The van der Waals surface area contributed by atoms with Crippen LogP contribution in [-0.2, 0) is 12.8 Å². The number of H-pyrrole nitrogens is 1. The first-order valence-electron chi connectivity index (χ1n) is 10.5. The van der Waals surface area contributed by atoms with Gasteiger partial charge in [0.15, 0.2) is 0 Å². The molecule has 2 aliphatic heterocycles. The number of rotatable bonds is 5. The highest BCUT2D eigenvalue weighted by Crippen LogP contribution is 2.42. The number of para-hydroxylation sites is 1. The van der Waals surface area contributed by atoms with Gasteiger partial charge in [-0.05, 0) is 57.8 Å². The van der Waals surface area contributed by atoms with Gasteiger partial charge in [0.2, 0.25) is 0 Å². The molecule has 4 heterocycles. The molecule has 0 saturated carbocycles. The Kier molecular flexibility index (Phi) is 4.72. The van der Waals surface area contributed by atoms with Crippen LogP contribution >= 0.6 is 11.3 Å². The van der Waals surface area contributed by atoms with E-state index in [1.807, 2.05) is 0 Å². The minimum absolute atomic E-state index is 0.0815. The Balaban J connectivity index is 1.58. The average molecular weight is 414 g/mol. The number of hydrogen-bond donors (Lipinski definition) is 2. The number of alkyl halides is 1. The molecule has 1 fully saturated rings. The van der Waals surface area contributed by atoms with Crippen LogP contribution in [-0.4, -0.2) is 51.4 Å². The largest absolute Gasteiger partial charge is 0.356 e. The van der Waals surface area contributed by atoms with Gasteiger partial charge in [-0.2, -0.15) is 0 Å². The zero-order valence-electron chi connectivity index (χ0n) is 17.2. The second-order valence-corrected chi connectivity index (χ2v) is 10.3. The highest BCUT2D eigenvalue weighted by molar-refractivity contribution is 7.11. The van der Waals surface area contributed by atoms with Crippen molar-refractivity contribution in [3.63, 3.8) is 0 Å². The standard InChI is InChI=1S/C22H28FN5S/c1-13-8-16-15-6-4-5-7-17(15)25-19(16)20(28(13)12-22(2,3)23)21-27-26-18(29-21)9-14-10-24-11-14/h4-7,13-14,20,24-25H,8-12H2,1-3H3/t13-,20+/m1/s1. The van der Waals surface area contributed by atoms with Gasteiger partial charge in [0.05, 0.1) is 0 Å². The summed E-state index contributed by atoms with van der Waals surface area (Å²) >= 11 is 1.69. The molecule has 2 atom stereocenters. The summed E-state index contributed by atoms with van der Waals surface area (Å²) in [6.45, 7) is 8.01. The van der Waals surface area contributed by atoms with Crippen molar-refractivity contribution in [2.45, 2.75) is 51.4 Å².